The zero-order valence-electron chi connectivity index (χ0n) is 12.1. The molecule has 21 heavy (non-hydrogen) atoms. The number of thioether (sulfide) groups is 1. The van der Waals surface area contributed by atoms with Gasteiger partial charge in [0.2, 0.25) is 0 Å². The Bertz CT molecular complexity index is 653. The van der Waals surface area contributed by atoms with Gasteiger partial charge in [0, 0.05) is 27.7 Å². The van der Waals surface area contributed by atoms with E-state index in [1.807, 2.05) is 47.9 Å². The molecule has 3 rings (SSSR count). The number of anilines is 1. The van der Waals surface area contributed by atoms with Gasteiger partial charge in [0.05, 0.1) is 0 Å². The van der Waals surface area contributed by atoms with Crippen LogP contribution in [0.15, 0.2) is 36.4 Å². The summed E-state index contributed by atoms with van der Waals surface area (Å²) in [5.41, 5.74) is 1.97. The third kappa shape index (κ3) is 3.09. The summed E-state index contributed by atoms with van der Waals surface area (Å²) in [6.45, 7) is 4.91. The van der Waals surface area contributed by atoms with Crippen molar-refractivity contribution in [3.63, 3.8) is 0 Å². The first-order valence-electron chi connectivity index (χ1n) is 6.96. The number of urea groups is 1. The van der Waals surface area contributed by atoms with E-state index in [-0.39, 0.29) is 11.4 Å². The minimum Gasteiger partial charge on any atom is -0.308 e. The molecule has 1 saturated heterocycles. The number of carbonyl (C=O) groups is 1. The van der Waals surface area contributed by atoms with Crippen LogP contribution in [-0.4, -0.2) is 23.2 Å². The Hall–Kier alpha value is -1.46. The van der Waals surface area contributed by atoms with Crippen molar-refractivity contribution in [1.29, 1.82) is 0 Å². The van der Waals surface area contributed by atoms with Crippen molar-refractivity contribution < 1.29 is 4.79 Å². The zero-order valence-corrected chi connectivity index (χ0v) is 13.8. The monoisotopic (exact) mass is 318 g/mol. The van der Waals surface area contributed by atoms with Crippen LogP contribution in [0.25, 0.3) is 0 Å². The van der Waals surface area contributed by atoms with Crippen molar-refractivity contribution in [2.24, 2.45) is 0 Å². The molecule has 0 spiro atoms. The molecule has 0 saturated carbocycles. The second kappa shape index (κ2) is 6.12. The highest BCUT2D eigenvalue weighted by Gasteiger charge is 2.31. The Kier molecular flexibility index (Phi) is 4.22. The molecule has 0 unspecified atom stereocenters. The van der Waals surface area contributed by atoms with E-state index in [0.29, 0.717) is 0 Å². The summed E-state index contributed by atoms with van der Waals surface area (Å²) in [7, 11) is 0. The van der Waals surface area contributed by atoms with Crippen LogP contribution in [0.3, 0.4) is 0 Å². The largest absolute Gasteiger partial charge is 0.323 e. The molecule has 1 aromatic heterocycles. The van der Waals surface area contributed by atoms with E-state index in [9.17, 15) is 4.79 Å². The number of amides is 2. The highest BCUT2D eigenvalue weighted by atomic mass is 32.2. The highest BCUT2D eigenvalue weighted by Crippen LogP contribution is 2.41. The molecule has 0 radical (unpaired) electrons. The molecule has 2 heterocycles. The summed E-state index contributed by atoms with van der Waals surface area (Å²) in [6, 6.07) is 12.1. The summed E-state index contributed by atoms with van der Waals surface area (Å²) in [5.74, 6) is 0.989. The summed E-state index contributed by atoms with van der Waals surface area (Å²) in [6.07, 6.45) is 0. The maximum Gasteiger partial charge on any atom is 0.323 e. The van der Waals surface area contributed by atoms with Crippen LogP contribution in [0.4, 0.5) is 10.5 Å². The Morgan fingerprint density at radius 3 is 2.76 bits per heavy atom. The molecule has 1 aliphatic heterocycles. The van der Waals surface area contributed by atoms with E-state index >= 15 is 0 Å². The number of rotatable bonds is 2. The normalized spacial score (nSPS) is 18.0. The predicted octanol–water partition coefficient (Wildman–Crippen LogP) is 4.64. The van der Waals surface area contributed by atoms with Crippen molar-refractivity contribution in [2.75, 3.05) is 17.6 Å². The fraction of sp³-hybridized carbons (Fsp3) is 0.312. The smallest absolute Gasteiger partial charge is 0.308 e. The SMILES string of the molecule is Cc1ccc([C@@H]2SCCN2C(=O)Nc2ccccc2C)s1. The molecule has 1 aromatic carbocycles. The minimum atomic E-state index is -0.00893. The molecule has 1 aliphatic rings. The zero-order chi connectivity index (χ0) is 14.8. The second-order valence-electron chi connectivity index (χ2n) is 5.11. The Balaban J connectivity index is 1.76. The number of hydrogen-bond donors (Lipinski definition) is 1. The van der Waals surface area contributed by atoms with Crippen molar-refractivity contribution in [1.82, 2.24) is 4.90 Å². The van der Waals surface area contributed by atoms with E-state index in [1.165, 1.54) is 9.75 Å². The van der Waals surface area contributed by atoms with Gasteiger partial charge < -0.3 is 10.2 Å². The Morgan fingerprint density at radius 2 is 2.05 bits per heavy atom. The summed E-state index contributed by atoms with van der Waals surface area (Å²) in [5, 5.41) is 3.18. The van der Waals surface area contributed by atoms with Gasteiger partial charge in [-0.05, 0) is 37.6 Å². The van der Waals surface area contributed by atoms with Gasteiger partial charge in [-0.25, -0.2) is 4.79 Å². The number of thiophene rings is 1. The molecule has 2 aromatic rings. The van der Waals surface area contributed by atoms with E-state index in [2.05, 4.69) is 24.4 Å². The van der Waals surface area contributed by atoms with Crippen LogP contribution < -0.4 is 5.32 Å². The summed E-state index contributed by atoms with van der Waals surface area (Å²) in [4.78, 5) is 17.0. The first kappa shape index (κ1) is 14.5. The van der Waals surface area contributed by atoms with Crippen molar-refractivity contribution in [3.8, 4) is 0 Å². The van der Waals surface area contributed by atoms with Gasteiger partial charge in [-0.15, -0.1) is 23.1 Å². The van der Waals surface area contributed by atoms with Crippen molar-refractivity contribution in [2.45, 2.75) is 19.2 Å². The van der Waals surface area contributed by atoms with Gasteiger partial charge in [-0.2, -0.15) is 0 Å². The van der Waals surface area contributed by atoms with E-state index in [0.717, 1.165) is 23.5 Å². The van der Waals surface area contributed by atoms with Gasteiger partial charge in [-0.3, -0.25) is 0 Å². The number of para-hydroxylation sites is 1. The van der Waals surface area contributed by atoms with E-state index < -0.39 is 0 Å². The van der Waals surface area contributed by atoms with Gasteiger partial charge in [0.1, 0.15) is 5.37 Å². The molecular weight excluding hydrogens is 300 g/mol. The topological polar surface area (TPSA) is 32.3 Å². The van der Waals surface area contributed by atoms with Gasteiger partial charge in [-0.1, -0.05) is 18.2 Å². The highest BCUT2D eigenvalue weighted by molar-refractivity contribution is 7.99. The van der Waals surface area contributed by atoms with Crippen LogP contribution in [0, 0.1) is 13.8 Å². The number of carbonyl (C=O) groups excluding carboxylic acids is 1. The molecule has 110 valence electrons. The fourth-order valence-electron chi connectivity index (χ4n) is 2.40. The number of nitrogens with one attached hydrogen (secondary N) is 1. The van der Waals surface area contributed by atoms with Crippen molar-refractivity contribution >= 4 is 34.8 Å². The third-order valence-electron chi connectivity index (χ3n) is 3.54. The number of hydrogen-bond acceptors (Lipinski definition) is 3. The molecule has 1 atom stereocenters. The van der Waals surface area contributed by atoms with E-state index in [4.69, 9.17) is 0 Å². The molecule has 0 aliphatic carbocycles. The standard InChI is InChI=1S/C16H18N2OS2/c1-11-5-3-4-6-13(11)17-16(19)18-9-10-20-15(18)14-8-7-12(2)21-14/h3-8,15H,9-10H2,1-2H3,(H,17,19)/t15-/m0/s1. The molecule has 1 N–H and O–H groups in total. The second-order valence-corrected chi connectivity index (χ2v) is 7.62. The predicted molar refractivity (Wildman–Crippen MR) is 91.2 cm³/mol. The number of nitrogens with zero attached hydrogens (tertiary/aromatic N) is 1. The lowest BCUT2D eigenvalue weighted by atomic mass is 10.2. The average Bonchev–Trinajstić information content (AvgIpc) is 3.09. The minimum absolute atomic E-state index is 0.00893. The van der Waals surface area contributed by atoms with Gasteiger partial charge >= 0.3 is 6.03 Å². The maximum absolute atomic E-state index is 12.6. The molecule has 0 bridgehead atoms. The average molecular weight is 318 g/mol. The fourth-order valence-corrected chi connectivity index (χ4v) is 4.77. The lowest BCUT2D eigenvalue weighted by Gasteiger charge is -2.23. The third-order valence-corrected chi connectivity index (χ3v) is 5.99. The Labute approximate surface area is 133 Å². The Morgan fingerprint density at radius 1 is 1.24 bits per heavy atom. The first-order valence-corrected chi connectivity index (χ1v) is 8.83. The quantitative estimate of drug-likeness (QED) is 0.874. The molecule has 5 heteroatoms. The van der Waals surface area contributed by atoms with Crippen LogP contribution in [-0.2, 0) is 0 Å². The first-order chi connectivity index (χ1) is 10.1. The van der Waals surface area contributed by atoms with Crippen LogP contribution in [0.2, 0.25) is 0 Å². The summed E-state index contributed by atoms with van der Waals surface area (Å²) >= 11 is 3.61. The van der Waals surface area contributed by atoms with Crippen LogP contribution in [0.5, 0.6) is 0 Å². The maximum atomic E-state index is 12.6. The molecular formula is C16H18N2OS2. The summed E-state index contributed by atoms with van der Waals surface area (Å²) < 4.78 is 0. The van der Waals surface area contributed by atoms with Crippen LogP contribution >= 0.6 is 23.1 Å². The molecule has 1 fully saturated rings. The number of benzene rings is 1. The molecule has 3 nitrogen and oxygen atoms in total. The van der Waals surface area contributed by atoms with Gasteiger partial charge in [0.15, 0.2) is 0 Å². The number of aryl methyl sites for hydroxylation is 2. The van der Waals surface area contributed by atoms with Crippen LogP contribution in [0.1, 0.15) is 20.7 Å². The van der Waals surface area contributed by atoms with Gasteiger partial charge in [0.25, 0.3) is 0 Å². The lowest BCUT2D eigenvalue weighted by Crippen LogP contribution is -2.34. The van der Waals surface area contributed by atoms with Crippen molar-refractivity contribution in [3.05, 3.63) is 51.7 Å². The lowest BCUT2D eigenvalue weighted by molar-refractivity contribution is 0.215. The molecule has 2 amide bonds. The van der Waals surface area contributed by atoms with E-state index in [1.54, 1.807) is 11.3 Å².